The molecule has 0 radical (unpaired) electrons. The van der Waals surface area contributed by atoms with Crippen LogP contribution in [0.5, 0.6) is 0 Å². The summed E-state index contributed by atoms with van der Waals surface area (Å²) in [6.45, 7) is 2.28. The molecule has 0 amide bonds. The Kier molecular flexibility index (Phi) is 5.77. The van der Waals surface area contributed by atoms with Crippen LogP contribution in [0.15, 0.2) is 0 Å². The molecule has 1 fully saturated rings. The lowest BCUT2D eigenvalue weighted by Crippen LogP contribution is -2.24. The van der Waals surface area contributed by atoms with Crippen LogP contribution in [0, 0.1) is 5.92 Å². The molecular weight excluding hydrogens is 174 g/mol. The van der Waals surface area contributed by atoms with E-state index < -0.39 is 0 Å². The molecule has 0 aliphatic carbocycles. The molecule has 0 spiro atoms. The first kappa shape index (κ1) is 10.3. The van der Waals surface area contributed by atoms with E-state index in [2.05, 4.69) is 5.48 Å². The van der Waals surface area contributed by atoms with E-state index in [0.29, 0.717) is 13.2 Å². The van der Waals surface area contributed by atoms with Crippen molar-refractivity contribution in [2.45, 2.75) is 6.42 Å². The lowest BCUT2D eigenvalue weighted by molar-refractivity contribution is 0.00215. The van der Waals surface area contributed by atoms with Crippen molar-refractivity contribution in [2.24, 2.45) is 5.92 Å². The minimum Gasteiger partial charge on any atom is -0.382 e. The zero-order chi connectivity index (χ0) is 8.65. The summed E-state index contributed by atoms with van der Waals surface area (Å²) >= 11 is 2.03. The number of methoxy groups -OCH3 is 1. The molecule has 0 aromatic carbocycles. The summed E-state index contributed by atoms with van der Waals surface area (Å²) in [6.07, 6.45) is 1.32. The highest BCUT2D eigenvalue weighted by Gasteiger charge is 2.14. The van der Waals surface area contributed by atoms with E-state index in [0.717, 1.165) is 12.5 Å². The summed E-state index contributed by atoms with van der Waals surface area (Å²) in [7, 11) is 1.68. The van der Waals surface area contributed by atoms with Gasteiger partial charge in [-0.1, -0.05) is 0 Å². The van der Waals surface area contributed by atoms with Gasteiger partial charge in [0.05, 0.1) is 13.2 Å². The van der Waals surface area contributed by atoms with Gasteiger partial charge in [0.25, 0.3) is 0 Å². The van der Waals surface area contributed by atoms with Crippen LogP contribution in [0.1, 0.15) is 6.42 Å². The molecule has 1 heterocycles. The molecule has 1 aliphatic rings. The van der Waals surface area contributed by atoms with Gasteiger partial charge in [-0.05, 0) is 23.8 Å². The van der Waals surface area contributed by atoms with Gasteiger partial charge in [-0.2, -0.15) is 11.8 Å². The second kappa shape index (κ2) is 6.71. The summed E-state index contributed by atoms with van der Waals surface area (Å²) in [6, 6.07) is 0. The summed E-state index contributed by atoms with van der Waals surface area (Å²) in [4.78, 5) is 5.15. The van der Waals surface area contributed by atoms with Crippen LogP contribution in [0.25, 0.3) is 0 Å². The van der Waals surface area contributed by atoms with Gasteiger partial charge in [-0.3, -0.25) is 4.84 Å². The first-order valence-electron chi connectivity index (χ1n) is 4.35. The number of hydroxylamine groups is 1. The molecule has 1 rings (SSSR count). The number of thioether (sulfide) groups is 1. The van der Waals surface area contributed by atoms with Gasteiger partial charge < -0.3 is 4.74 Å². The topological polar surface area (TPSA) is 30.5 Å². The van der Waals surface area contributed by atoms with Crippen LogP contribution in [0.4, 0.5) is 0 Å². The molecule has 1 unspecified atom stereocenters. The molecule has 0 saturated carbocycles. The number of nitrogens with one attached hydrogen (secondary N) is 1. The van der Waals surface area contributed by atoms with E-state index in [1.54, 1.807) is 7.11 Å². The number of hydrogen-bond acceptors (Lipinski definition) is 4. The molecule has 0 aromatic heterocycles. The van der Waals surface area contributed by atoms with Crippen molar-refractivity contribution in [1.82, 2.24) is 5.48 Å². The highest BCUT2D eigenvalue weighted by molar-refractivity contribution is 7.99. The maximum Gasteiger partial charge on any atom is 0.0915 e. The minimum absolute atomic E-state index is 0.635. The average molecular weight is 191 g/mol. The SMILES string of the molecule is COCCONCC1CCSC1. The third-order valence-corrected chi connectivity index (χ3v) is 3.12. The van der Waals surface area contributed by atoms with Gasteiger partial charge in [-0.15, -0.1) is 0 Å². The van der Waals surface area contributed by atoms with Gasteiger partial charge in [0.2, 0.25) is 0 Å². The van der Waals surface area contributed by atoms with Crippen molar-refractivity contribution in [2.75, 3.05) is 38.4 Å². The van der Waals surface area contributed by atoms with Crippen molar-refractivity contribution in [1.29, 1.82) is 0 Å². The predicted octanol–water partition coefficient (Wildman–Crippen LogP) is 0.907. The molecule has 12 heavy (non-hydrogen) atoms. The van der Waals surface area contributed by atoms with E-state index >= 15 is 0 Å². The number of rotatable bonds is 6. The molecular formula is C8H17NO2S. The zero-order valence-corrected chi connectivity index (χ0v) is 8.36. The Bertz CT molecular complexity index is 107. The largest absolute Gasteiger partial charge is 0.382 e. The van der Waals surface area contributed by atoms with E-state index in [1.165, 1.54) is 17.9 Å². The summed E-state index contributed by atoms with van der Waals surface area (Å²) < 4.78 is 4.84. The lowest BCUT2D eigenvalue weighted by Gasteiger charge is -2.09. The van der Waals surface area contributed by atoms with Gasteiger partial charge >= 0.3 is 0 Å². The molecule has 4 heteroatoms. The van der Waals surface area contributed by atoms with Crippen LogP contribution in [-0.2, 0) is 9.57 Å². The summed E-state index contributed by atoms with van der Waals surface area (Å²) in [5, 5.41) is 0. The molecule has 1 aliphatic heterocycles. The Morgan fingerprint density at radius 2 is 2.42 bits per heavy atom. The Balaban J connectivity index is 1.81. The van der Waals surface area contributed by atoms with Crippen LogP contribution in [0.2, 0.25) is 0 Å². The fraction of sp³-hybridized carbons (Fsp3) is 1.00. The second-order valence-electron chi connectivity index (χ2n) is 2.92. The third kappa shape index (κ3) is 4.30. The molecule has 0 bridgehead atoms. The van der Waals surface area contributed by atoms with Crippen LogP contribution < -0.4 is 5.48 Å². The zero-order valence-electron chi connectivity index (χ0n) is 7.54. The van der Waals surface area contributed by atoms with Gasteiger partial charge in [0.15, 0.2) is 0 Å². The van der Waals surface area contributed by atoms with E-state index in [1.807, 2.05) is 11.8 Å². The van der Waals surface area contributed by atoms with Crippen molar-refractivity contribution in [3.63, 3.8) is 0 Å². The first-order valence-corrected chi connectivity index (χ1v) is 5.50. The maximum absolute atomic E-state index is 5.15. The van der Waals surface area contributed by atoms with E-state index in [4.69, 9.17) is 9.57 Å². The highest BCUT2D eigenvalue weighted by atomic mass is 32.2. The lowest BCUT2D eigenvalue weighted by atomic mass is 10.1. The normalized spacial score (nSPS) is 23.2. The van der Waals surface area contributed by atoms with Crippen molar-refractivity contribution < 1.29 is 9.57 Å². The molecule has 3 nitrogen and oxygen atoms in total. The van der Waals surface area contributed by atoms with Gasteiger partial charge in [0.1, 0.15) is 0 Å². The van der Waals surface area contributed by atoms with Crippen LogP contribution in [0.3, 0.4) is 0 Å². The smallest absolute Gasteiger partial charge is 0.0915 e. The first-order chi connectivity index (χ1) is 5.93. The number of hydrogen-bond donors (Lipinski definition) is 1. The minimum atomic E-state index is 0.635. The summed E-state index contributed by atoms with van der Waals surface area (Å²) in [5.74, 6) is 3.39. The van der Waals surface area contributed by atoms with Gasteiger partial charge in [0, 0.05) is 13.7 Å². The Hall–Kier alpha value is 0.230. The van der Waals surface area contributed by atoms with Crippen molar-refractivity contribution in [3.05, 3.63) is 0 Å². The monoisotopic (exact) mass is 191 g/mol. The fourth-order valence-corrected chi connectivity index (χ4v) is 2.40. The highest BCUT2D eigenvalue weighted by Crippen LogP contribution is 2.22. The van der Waals surface area contributed by atoms with Crippen LogP contribution in [-0.4, -0.2) is 38.4 Å². The Labute approximate surface area is 78.1 Å². The maximum atomic E-state index is 5.15. The number of ether oxygens (including phenoxy) is 1. The standard InChI is InChI=1S/C8H17NO2S/c1-10-3-4-11-9-6-8-2-5-12-7-8/h8-9H,2-7H2,1H3. The van der Waals surface area contributed by atoms with Crippen molar-refractivity contribution >= 4 is 11.8 Å². The molecule has 72 valence electrons. The molecule has 1 N–H and O–H groups in total. The average Bonchev–Trinajstić information content (AvgIpc) is 2.57. The third-order valence-electron chi connectivity index (χ3n) is 1.89. The fourth-order valence-electron chi connectivity index (χ4n) is 1.12. The quantitative estimate of drug-likeness (QED) is 0.499. The second-order valence-corrected chi connectivity index (χ2v) is 4.07. The van der Waals surface area contributed by atoms with E-state index in [9.17, 15) is 0 Å². The van der Waals surface area contributed by atoms with Crippen molar-refractivity contribution in [3.8, 4) is 0 Å². The molecule has 1 saturated heterocycles. The van der Waals surface area contributed by atoms with Crippen LogP contribution >= 0.6 is 11.8 Å². The van der Waals surface area contributed by atoms with E-state index in [-0.39, 0.29) is 0 Å². The Morgan fingerprint density at radius 3 is 3.08 bits per heavy atom. The predicted molar refractivity (Wildman–Crippen MR) is 51.3 cm³/mol. The molecule has 1 atom stereocenters. The Morgan fingerprint density at radius 1 is 1.50 bits per heavy atom. The molecule has 0 aromatic rings. The summed E-state index contributed by atoms with van der Waals surface area (Å²) in [5.41, 5.74) is 2.97. The van der Waals surface area contributed by atoms with Gasteiger partial charge in [-0.25, -0.2) is 5.48 Å².